The first kappa shape index (κ1) is 25.9. The molecule has 2 aromatic carbocycles. The summed E-state index contributed by atoms with van der Waals surface area (Å²) >= 11 is 6.37. The molecule has 176 valence electrons. The molecule has 0 radical (unpaired) electrons. The zero-order valence-corrected chi connectivity index (χ0v) is 20.1. The Morgan fingerprint density at radius 1 is 1.09 bits per heavy atom. The molecule has 0 atom stereocenters. The minimum atomic E-state index is -0.474. The number of carbonyl (C=O) groups excluding carboxylic acids is 1. The number of rotatable bonds is 12. The Morgan fingerprint density at radius 2 is 1.85 bits per heavy atom. The van der Waals surface area contributed by atoms with Crippen molar-refractivity contribution in [2.24, 2.45) is 0 Å². The van der Waals surface area contributed by atoms with Crippen LogP contribution < -0.4 is 24.3 Å². The standard InChI is InChI=1S/C25H29ClN2O5/c1-5-11-33-24-20(26)13-18(15-23(24)32-6-2)12-19(16-27)25(29)28-10-9-17-7-8-21(30-3)22(14-17)31-4/h7-8,12-15H,5-6,9-11H2,1-4H3,(H,28,29)/b19-12+. The van der Waals surface area contributed by atoms with E-state index >= 15 is 0 Å². The number of halogens is 1. The summed E-state index contributed by atoms with van der Waals surface area (Å²) in [5.74, 6) is 1.70. The van der Waals surface area contributed by atoms with Crippen molar-refractivity contribution >= 4 is 23.6 Å². The second-order valence-electron chi connectivity index (χ2n) is 6.98. The minimum Gasteiger partial charge on any atom is -0.493 e. The fourth-order valence-corrected chi connectivity index (χ4v) is 3.32. The van der Waals surface area contributed by atoms with Crippen LogP contribution in [-0.4, -0.2) is 39.9 Å². The first-order valence-electron chi connectivity index (χ1n) is 10.7. The van der Waals surface area contributed by atoms with Crippen molar-refractivity contribution in [2.45, 2.75) is 26.7 Å². The van der Waals surface area contributed by atoms with Gasteiger partial charge in [-0.1, -0.05) is 24.6 Å². The van der Waals surface area contributed by atoms with Crippen molar-refractivity contribution in [3.05, 3.63) is 52.1 Å². The number of ether oxygens (including phenoxy) is 4. The van der Waals surface area contributed by atoms with Gasteiger partial charge < -0.3 is 24.3 Å². The number of hydrogen-bond donors (Lipinski definition) is 1. The Balaban J connectivity index is 2.12. The lowest BCUT2D eigenvalue weighted by Crippen LogP contribution is -2.26. The quantitative estimate of drug-likeness (QED) is 0.352. The Hall–Kier alpha value is -3.37. The molecule has 8 heteroatoms. The molecule has 2 rings (SSSR count). The van der Waals surface area contributed by atoms with Gasteiger partial charge in [-0.3, -0.25) is 4.79 Å². The van der Waals surface area contributed by atoms with Crippen LogP contribution >= 0.6 is 11.6 Å². The molecular weight excluding hydrogens is 444 g/mol. The molecule has 0 aliphatic carbocycles. The van der Waals surface area contributed by atoms with Gasteiger partial charge in [-0.25, -0.2) is 0 Å². The number of amides is 1. The fourth-order valence-electron chi connectivity index (χ4n) is 3.05. The summed E-state index contributed by atoms with van der Waals surface area (Å²) < 4.78 is 21.9. The van der Waals surface area contributed by atoms with Crippen LogP contribution in [0.25, 0.3) is 6.08 Å². The Kier molecular flexibility index (Phi) is 10.4. The topological polar surface area (TPSA) is 89.8 Å². The number of benzene rings is 2. The summed E-state index contributed by atoms with van der Waals surface area (Å²) in [5, 5.41) is 12.6. The highest BCUT2D eigenvalue weighted by molar-refractivity contribution is 6.32. The maximum atomic E-state index is 12.6. The van der Waals surface area contributed by atoms with Crippen molar-refractivity contribution in [2.75, 3.05) is 34.0 Å². The van der Waals surface area contributed by atoms with E-state index in [1.807, 2.05) is 38.1 Å². The number of carbonyl (C=O) groups is 1. The molecule has 0 saturated carbocycles. The molecule has 1 amide bonds. The van der Waals surface area contributed by atoms with E-state index in [2.05, 4.69) is 5.32 Å². The SMILES string of the molecule is CCCOc1c(Cl)cc(/C=C(\C#N)C(=O)NCCc2ccc(OC)c(OC)c2)cc1OCC. The van der Waals surface area contributed by atoms with Crippen molar-refractivity contribution in [3.8, 4) is 29.1 Å². The van der Waals surface area contributed by atoms with E-state index in [9.17, 15) is 10.1 Å². The van der Waals surface area contributed by atoms with Gasteiger partial charge in [-0.2, -0.15) is 5.26 Å². The van der Waals surface area contributed by atoms with E-state index in [1.165, 1.54) is 6.08 Å². The van der Waals surface area contributed by atoms with Gasteiger partial charge in [0.15, 0.2) is 23.0 Å². The second-order valence-corrected chi connectivity index (χ2v) is 7.38. The number of nitriles is 1. The molecule has 7 nitrogen and oxygen atoms in total. The van der Waals surface area contributed by atoms with Gasteiger partial charge in [0.1, 0.15) is 11.6 Å². The lowest BCUT2D eigenvalue weighted by Gasteiger charge is -2.14. The van der Waals surface area contributed by atoms with Crippen LogP contribution in [0.1, 0.15) is 31.4 Å². The molecule has 0 fully saturated rings. The van der Waals surface area contributed by atoms with E-state index < -0.39 is 5.91 Å². The summed E-state index contributed by atoms with van der Waals surface area (Å²) in [7, 11) is 3.14. The van der Waals surface area contributed by atoms with Gasteiger partial charge in [-0.05, 0) is 61.2 Å². The lowest BCUT2D eigenvalue weighted by atomic mass is 10.1. The molecule has 1 N–H and O–H groups in total. The molecule has 0 aliphatic rings. The van der Waals surface area contributed by atoms with E-state index in [0.29, 0.717) is 59.8 Å². The third-order valence-electron chi connectivity index (χ3n) is 4.61. The van der Waals surface area contributed by atoms with Crippen LogP contribution in [0.4, 0.5) is 0 Å². The molecule has 0 heterocycles. The van der Waals surface area contributed by atoms with Crippen molar-refractivity contribution in [1.29, 1.82) is 5.26 Å². The highest BCUT2D eigenvalue weighted by Crippen LogP contribution is 2.37. The Labute approximate surface area is 199 Å². The molecule has 0 saturated heterocycles. The normalized spacial score (nSPS) is 10.8. The molecule has 2 aromatic rings. The molecule has 0 aliphatic heterocycles. The monoisotopic (exact) mass is 472 g/mol. The first-order chi connectivity index (χ1) is 16.0. The smallest absolute Gasteiger partial charge is 0.261 e. The highest BCUT2D eigenvalue weighted by atomic mass is 35.5. The number of methoxy groups -OCH3 is 2. The molecule has 33 heavy (non-hydrogen) atoms. The predicted molar refractivity (Wildman–Crippen MR) is 128 cm³/mol. The number of nitrogens with one attached hydrogen (secondary N) is 1. The van der Waals surface area contributed by atoms with Crippen LogP contribution in [0.15, 0.2) is 35.9 Å². The Bertz CT molecular complexity index is 1030. The van der Waals surface area contributed by atoms with Gasteiger partial charge in [0, 0.05) is 6.54 Å². The van der Waals surface area contributed by atoms with Gasteiger partial charge in [0.05, 0.1) is 32.5 Å². The summed E-state index contributed by atoms with van der Waals surface area (Å²) in [6, 6.07) is 10.9. The molecular formula is C25H29ClN2O5. The first-order valence-corrected chi connectivity index (χ1v) is 11.0. The maximum Gasteiger partial charge on any atom is 0.261 e. The van der Waals surface area contributed by atoms with E-state index in [0.717, 1.165) is 12.0 Å². The van der Waals surface area contributed by atoms with Crippen LogP contribution in [0.5, 0.6) is 23.0 Å². The predicted octanol–water partition coefficient (Wildman–Crippen LogP) is 4.81. The third-order valence-corrected chi connectivity index (χ3v) is 4.89. The largest absolute Gasteiger partial charge is 0.493 e. The summed E-state index contributed by atoms with van der Waals surface area (Å²) in [4.78, 5) is 12.6. The molecule has 0 aromatic heterocycles. The van der Waals surface area contributed by atoms with Crippen LogP contribution in [0.3, 0.4) is 0 Å². The van der Waals surface area contributed by atoms with E-state index in [1.54, 1.807) is 26.4 Å². The number of hydrogen-bond acceptors (Lipinski definition) is 6. The van der Waals surface area contributed by atoms with Crippen molar-refractivity contribution in [1.82, 2.24) is 5.32 Å². The van der Waals surface area contributed by atoms with Gasteiger partial charge in [0.25, 0.3) is 5.91 Å². The minimum absolute atomic E-state index is 0.0388. The van der Waals surface area contributed by atoms with E-state index in [4.69, 9.17) is 30.5 Å². The average Bonchev–Trinajstić information content (AvgIpc) is 2.82. The average molecular weight is 473 g/mol. The van der Waals surface area contributed by atoms with Gasteiger partial charge in [0.2, 0.25) is 0 Å². The Morgan fingerprint density at radius 3 is 2.48 bits per heavy atom. The third kappa shape index (κ3) is 7.33. The second kappa shape index (κ2) is 13.2. The van der Waals surface area contributed by atoms with Crippen molar-refractivity contribution < 1.29 is 23.7 Å². The van der Waals surface area contributed by atoms with Crippen LogP contribution in [0.2, 0.25) is 5.02 Å². The molecule has 0 unspecified atom stereocenters. The summed E-state index contributed by atoms with van der Waals surface area (Å²) in [6.07, 6.45) is 2.87. The highest BCUT2D eigenvalue weighted by Gasteiger charge is 2.14. The van der Waals surface area contributed by atoms with Gasteiger partial charge >= 0.3 is 0 Å². The maximum absolute atomic E-state index is 12.6. The van der Waals surface area contributed by atoms with Crippen LogP contribution in [0, 0.1) is 11.3 Å². The summed E-state index contributed by atoms with van der Waals surface area (Å²) in [5.41, 5.74) is 1.49. The zero-order chi connectivity index (χ0) is 24.2. The van der Waals surface area contributed by atoms with E-state index in [-0.39, 0.29) is 5.57 Å². The lowest BCUT2D eigenvalue weighted by molar-refractivity contribution is -0.117. The van der Waals surface area contributed by atoms with Gasteiger partial charge in [-0.15, -0.1) is 0 Å². The summed E-state index contributed by atoms with van der Waals surface area (Å²) in [6.45, 7) is 5.12. The number of nitrogens with zero attached hydrogens (tertiary/aromatic N) is 1. The van der Waals surface area contributed by atoms with Crippen molar-refractivity contribution in [3.63, 3.8) is 0 Å². The fraction of sp³-hybridized carbons (Fsp3) is 0.360. The molecule has 0 bridgehead atoms. The zero-order valence-electron chi connectivity index (χ0n) is 19.4. The molecule has 0 spiro atoms. The van der Waals surface area contributed by atoms with Crippen LogP contribution in [-0.2, 0) is 11.2 Å².